The van der Waals surface area contributed by atoms with Crippen LogP contribution in [0.25, 0.3) is 0 Å². The third-order valence-electron chi connectivity index (χ3n) is 2.80. The number of rotatable bonds is 5. The van der Waals surface area contributed by atoms with E-state index in [0.29, 0.717) is 11.6 Å². The lowest BCUT2D eigenvalue weighted by molar-refractivity contribution is 0.224. The van der Waals surface area contributed by atoms with Gasteiger partial charge in [0.25, 0.3) is 0 Å². The fourth-order valence-corrected chi connectivity index (χ4v) is 2.20. The summed E-state index contributed by atoms with van der Waals surface area (Å²) < 4.78 is 13.0. The SMILES string of the molecule is CCN(CC)C(CN)c1ccc(F)cc1Cl. The lowest BCUT2D eigenvalue weighted by atomic mass is 10.1. The summed E-state index contributed by atoms with van der Waals surface area (Å²) in [5.41, 5.74) is 6.67. The molecule has 0 amide bonds. The van der Waals surface area contributed by atoms with Crippen molar-refractivity contribution in [3.8, 4) is 0 Å². The molecule has 0 aromatic heterocycles. The molecule has 1 unspecified atom stereocenters. The molecule has 0 saturated heterocycles. The first-order chi connectivity index (χ1) is 7.63. The Hall–Kier alpha value is -0.640. The summed E-state index contributed by atoms with van der Waals surface area (Å²) >= 11 is 6.04. The molecule has 0 heterocycles. The van der Waals surface area contributed by atoms with Crippen molar-refractivity contribution in [1.82, 2.24) is 4.90 Å². The molecule has 1 atom stereocenters. The van der Waals surface area contributed by atoms with E-state index in [2.05, 4.69) is 18.7 Å². The van der Waals surface area contributed by atoms with Gasteiger partial charge in [0, 0.05) is 17.6 Å². The molecule has 0 aliphatic heterocycles. The summed E-state index contributed by atoms with van der Waals surface area (Å²) in [6.07, 6.45) is 0. The minimum atomic E-state index is -0.316. The smallest absolute Gasteiger partial charge is 0.124 e. The molecule has 2 N–H and O–H groups in total. The first-order valence-corrected chi connectivity index (χ1v) is 5.90. The normalized spacial score (nSPS) is 13.1. The largest absolute Gasteiger partial charge is 0.329 e. The molecule has 2 nitrogen and oxygen atoms in total. The highest BCUT2D eigenvalue weighted by Crippen LogP contribution is 2.27. The molecular weight excluding hydrogens is 227 g/mol. The fourth-order valence-electron chi connectivity index (χ4n) is 1.91. The molecule has 1 aromatic carbocycles. The Balaban J connectivity index is 3.03. The summed E-state index contributed by atoms with van der Waals surface area (Å²) in [6.45, 7) is 6.42. The van der Waals surface area contributed by atoms with Gasteiger partial charge in [0.2, 0.25) is 0 Å². The van der Waals surface area contributed by atoms with Crippen molar-refractivity contribution in [3.63, 3.8) is 0 Å². The molecule has 0 fully saturated rings. The second-order valence-corrected chi connectivity index (χ2v) is 4.05. The van der Waals surface area contributed by atoms with Crippen molar-refractivity contribution >= 4 is 11.6 Å². The van der Waals surface area contributed by atoms with Gasteiger partial charge in [-0.2, -0.15) is 0 Å². The predicted octanol–water partition coefficient (Wildman–Crippen LogP) is 2.82. The van der Waals surface area contributed by atoms with Gasteiger partial charge in [-0.15, -0.1) is 0 Å². The Bertz CT molecular complexity index is 340. The van der Waals surface area contributed by atoms with Gasteiger partial charge < -0.3 is 5.73 Å². The molecule has 1 aromatic rings. The van der Waals surface area contributed by atoms with Crippen LogP contribution in [-0.2, 0) is 0 Å². The second kappa shape index (κ2) is 6.18. The topological polar surface area (TPSA) is 29.3 Å². The second-order valence-electron chi connectivity index (χ2n) is 3.64. The molecule has 0 bridgehead atoms. The Morgan fingerprint density at radius 1 is 1.38 bits per heavy atom. The van der Waals surface area contributed by atoms with Crippen LogP contribution in [-0.4, -0.2) is 24.5 Å². The van der Waals surface area contributed by atoms with Gasteiger partial charge >= 0.3 is 0 Å². The van der Waals surface area contributed by atoms with Crippen molar-refractivity contribution in [2.24, 2.45) is 5.73 Å². The third kappa shape index (κ3) is 2.94. The number of hydrogen-bond acceptors (Lipinski definition) is 2. The van der Waals surface area contributed by atoms with Crippen LogP contribution >= 0.6 is 11.6 Å². The third-order valence-corrected chi connectivity index (χ3v) is 3.13. The number of halogens is 2. The number of nitrogens with zero attached hydrogens (tertiary/aromatic N) is 1. The van der Waals surface area contributed by atoms with Crippen LogP contribution < -0.4 is 5.73 Å². The maximum atomic E-state index is 13.0. The summed E-state index contributed by atoms with van der Waals surface area (Å²) in [6, 6.07) is 4.53. The molecule has 0 radical (unpaired) electrons. The maximum Gasteiger partial charge on any atom is 0.124 e. The molecule has 0 spiro atoms. The van der Waals surface area contributed by atoms with E-state index in [1.165, 1.54) is 12.1 Å². The predicted molar refractivity (Wildman–Crippen MR) is 66.1 cm³/mol. The summed E-state index contributed by atoms with van der Waals surface area (Å²) in [5, 5.41) is 0.447. The van der Waals surface area contributed by atoms with E-state index in [1.54, 1.807) is 6.07 Å². The number of hydrogen-bond donors (Lipinski definition) is 1. The van der Waals surface area contributed by atoms with Gasteiger partial charge in [0.1, 0.15) is 5.82 Å². The quantitative estimate of drug-likeness (QED) is 0.863. The van der Waals surface area contributed by atoms with Crippen molar-refractivity contribution in [2.45, 2.75) is 19.9 Å². The van der Waals surface area contributed by atoms with Crippen molar-refractivity contribution in [3.05, 3.63) is 34.6 Å². The van der Waals surface area contributed by atoms with E-state index in [1.807, 2.05) is 0 Å². The molecule has 0 saturated carbocycles. The summed E-state index contributed by atoms with van der Waals surface area (Å²) in [5.74, 6) is -0.316. The number of nitrogens with two attached hydrogens (primary N) is 1. The molecule has 4 heteroatoms. The lowest BCUT2D eigenvalue weighted by Crippen LogP contribution is -2.33. The van der Waals surface area contributed by atoms with Gasteiger partial charge in [-0.05, 0) is 30.8 Å². The van der Waals surface area contributed by atoms with E-state index >= 15 is 0 Å². The van der Waals surface area contributed by atoms with Crippen LogP contribution in [0.3, 0.4) is 0 Å². The van der Waals surface area contributed by atoms with Gasteiger partial charge in [0.05, 0.1) is 0 Å². The zero-order valence-electron chi connectivity index (χ0n) is 9.71. The van der Waals surface area contributed by atoms with Crippen LogP contribution in [0.1, 0.15) is 25.5 Å². The standard InChI is InChI=1S/C12H18ClFN2/c1-3-16(4-2)12(8-15)10-6-5-9(14)7-11(10)13/h5-7,12H,3-4,8,15H2,1-2H3. The molecule has 1 rings (SSSR count). The molecule has 0 aliphatic carbocycles. The first-order valence-electron chi connectivity index (χ1n) is 5.53. The molecule has 90 valence electrons. The summed E-state index contributed by atoms with van der Waals surface area (Å²) in [7, 11) is 0. The van der Waals surface area contributed by atoms with Gasteiger partial charge in [0.15, 0.2) is 0 Å². The average molecular weight is 245 g/mol. The average Bonchev–Trinajstić information content (AvgIpc) is 2.27. The van der Waals surface area contributed by atoms with Gasteiger partial charge in [-0.3, -0.25) is 4.90 Å². The highest BCUT2D eigenvalue weighted by Gasteiger charge is 2.18. The minimum absolute atomic E-state index is 0.0584. The van der Waals surface area contributed by atoms with E-state index in [-0.39, 0.29) is 11.9 Å². The Kier molecular flexibility index (Phi) is 5.19. The van der Waals surface area contributed by atoms with E-state index in [0.717, 1.165) is 18.7 Å². The van der Waals surface area contributed by atoms with Crippen LogP contribution in [0.15, 0.2) is 18.2 Å². The number of benzene rings is 1. The fraction of sp³-hybridized carbons (Fsp3) is 0.500. The molecule has 0 aliphatic rings. The zero-order valence-corrected chi connectivity index (χ0v) is 10.5. The van der Waals surface area contributed by atoms with Crippen LogP contribution in [0.5, 0.6) is 0 Å². The summed E-state index contributed by atoms with van der Waals surface area (Å²) in [4.78, 5) is 2.21. The van der Waals surface area contributed by atoms with Gasteiger partial charge in [-0.25, -0.2) is 4.39 Å². The van der Waals surface area contributed by atoms with Crippen LogP contribution in [0.2, 0.25) is 5.02 Å². The van der Waals surface area contributed by atoms with Crippen LogP contribution in [0, 0.1) is 5.82 Å². The van der Waals surface area contributed by atoms with Crippen molar-refractivity contribution in [2.75, 3.05) is 19.6 Å². The van der Waals surface area contributed by atoms with Crippen molar-refractivity contribution < 1.29 is 4.39 Å². The first kappa shape index (κ1) is 13.4. The minimum Gasteiger partial charge on any atom is -0.329 e. The van der Waals surface area contributed by atoms with Gasteiger partial charge in [-0.1, -0.05) is 31.5 Å². The number of likely N-dealkylation sites (N-methyl/N-ethyl adjacent to an activating group) is 1. The van der Waals surface area contributed by atoms with Crippen molar-refractivity contribution in [1.29, 1.82) is 0 Å². The van der Waals surface area contributed by atoms with Crippen LogP contribution in [0.4, 0.5) is 4.39 Å². The zero-order chi connectivity index (χ0) is 12.1. The molecule has 16 heavy (non-hydrogen) atoms. The van der Waals surface area contributed by atoms with E-state index < -0.39 is 0 Å². The highest BCUT2D eigenvalue weighted by molar-refractivity contribution is 6.31. The lowest BCUT2D eigenvalue weighted by Gasteiger charge is -2.29. The Labute approximate surface area is 101 Å². The maximum absolute atomic E-state index is 13.0. The Morgan fingerprint density at radius 2 is 2.00 bits per heavy atom. The highest BCUT2D eigenvalue weighted by atomic mass is 35.5. The molecular formula is C12H18ClFN2. The monoisotopic (exact) mass is 244 g/mol. The van der Waals surface area contributed by atoms with E-state index in [9.17, 15) is 4.39 Å². The van der Waals surface area contributed by atoms with E-state index in [4.69, 9.17) is 17.3 Å². The Morgan fingerprint density at radius 3 is 2.44 bits per heavy atom.